The summed E-state index contributed by atoms with van der Waals surface area (Å²) in [5, 5.41) is 29.1. The van der Waals surface area contributed by atoms with E-state index in [1.807, 2.05) is 97.1 Å². The molecular formula is C74H56N6Si2. The Balaban J connectivity index is 1.11. The zero-order valence-corrected chi connectivity index (χ0v) is 48.6. The molecule has 0 aliphatic heterocycles. The fourth-order valence-corrected chi connectivity index (χ4v) is 13.6. The summed E-state index contributed by atoms with van der Waals surface area (Å²) >= 11 is 0. The highest BCUT2D eigenvalue weighted by Crippen LogP contribution is 2.49. The standard InChI is InChI=1S/C74H56N6Si2/c1-77-61-25-17-53(18-26-61)59-41-57(51-13-9-49(47-75)10-14-51)43-65(45-59)79(63-29-33-67(34-30-63)81(3,4)5)71-39-23-55-22-38-70-72(40-24-56-21-37-69(71)73(55)74(56)70)80(64-31-35-68(36-32-64)82(6,7)8)66-44-58(52-15-11-50(48-76)12-16-52)42-60(46-66)54-19-27-62(78-2)28-20-54/h9-46H,3-8H3. The number of nitriles is 2. The van der Waals surface area contributed by atoms with Crippen molar-refractivity contribution in [3.63, 3.8) is 0 Å². The summed E-state index contributed by atoms with van der Waals surface area (Å²) in [5.41, 5.74) is 16.4. The first-order chi connectivity index (χ1) is 39.7. The van der Waals surface area contributed by atoms with Crippen LogP contribution in [0.2, 0.25) is 39.3 Å². The quantitative estimate of drug-likeness (QED) is 0.0695. The van der Waals surface area contributed by atoms with E-state index in [0.29, 0.717) is 22.5 Å². The van der Waals surface area contributed by atoms with Crippen LogP contribution in [0.25, 0.3) is 86.5 Å². The third-order valence-electron chi connectivity index (χ3n) is 15.8. The van der Waals surface area contributed by atoms with Crippen molar-refractivity contribution < 1.29 is 0 Å². The lowest BCUT2D eigenvalue weighted by Crippen LogP contribution is -2.37. The molecule has 0 atom stereocenters. The maximum absolute atomic E-state index is 9.78. The number of benzene rings is 12. The fraction of sp³-hybridized carbons (Fsp3) is 0.0811. The Morgan fingerprint density at radius 3 is 0.927 bits per heavy atom. The Morgan fingerprint density at radius 2 is 0.634 bits per heavy atom. The van der Waals surface area contributed by atoms with E-state index >= 15 is 0 Å². The smallest absolute Gasteiger partial charge is 0.187 e. The van der Waals surface area contributed by atoms with Crippen LogP contribution < -0.4 is 20.2 Å². The molecule has 0 heterocycles. The maximum Gasteiger partial charge on any atom is 0.187 e. The fourth-order valence-electron chi connectivity index (χ4n) is 11.3. The van der Waals surface area contributed by atoms with E-state index in [2.05, 4.69) is 204 Å². The van der Waals surface area contributed by atoms with Gasteiger partial charge in [-0.3, -0.25) is 0 Å². The molecular weight excluding hydrogens is 1030 g/mol. The van der Waals surface area contributed by atoms with Gasteiger partial charge in [0, 0.05) is 33.5 Å². The Hall–Kier alpha value is -10.3. The number of hydrogen-bond donors (Lipinski definition) is 0. The Bertz CT molecular complexity index is 4140. The molecule has 0 unspecified atom stereocenters. The van der Waals surface area contributed by atoms with Gasteiger partial charge in [0.15, 0.2) is 11.4 Å². The predicted octanol–water partition coefficient (Wildman–Crippen LogP) is 20.1. The highest BCUT2D eigenvalue weighted by Gasteiger charge is 2.26. The van der Waals surface area contributed by atoms with Crippen LogP contribution in [0.3, 0.4) is 0 Å². The third kappa shape index (κ3) is 9.96. The highest BCUT2D eigenvalue weighted by molar-refractivity contribution is 6.89. The van der Waals surface area contributed by atoms with Gasteiger partial charge in [0.1, 0.15) is 0 Å². The van der Waals surface area contributed by atoms with Crippen molar-refractivity contribution in [2.24, 2.45) is 0 Å². The number of rotatable bonds is 12. The molecule has 12 rings (SSSR count). The van der Waals surface area contributed by atoms with Gasteiger partial charge < -0.3 is 9.80 Å². The molecule has 12 aromatic carbocycles. The van der Waals surface area contributed by atoms with E-state index < -0.39 is 16.1 Å². The molecule has 390 valence electrons. The molecule has 0 radical (unpaired) electrons. The first-order valence-electron chi connectivity index (χ1n) is 27.5. The summed E-state index contributed by atoms with van der Waals surface area (Å²) in [6.07, 6.45) is 0. The summed E-state index contributed by atoms with van der Waals surface area (Å²) in [5.74, 6) is 0. The van der Waals surface area contributed by atoms with Crippen LogP contribution in [0, 0.1) is 35.8 Å². The van der Waals surface area contributed by atoms with Gasteiger partial charge in [0.05, 0.1) is 63.9 Å². The average Bonchev–Trinajstić information content (AvgIpc) is 2.13. The van der Waals surface area contributed by atoms with E-state index in [4.69, 9.17) is 13.1 Å². The van der Waals surface area contributed by atoms with Crippen molar-refractivity contribution in [3.05, 3.63) is 264 Å². The second-order valence-electron chi connectivity index (χ2n) is 23.1. The van der Waals surface area contributed by atoms with E-state index in [1.54, 1.807) is 0 Å². The molecule has 0 bridgehead atoms. The van der Waals surface area contributed by atoms with Crippen LogP contribution in [0.1, 0.15) is 11.1 Å². The van der Waals surface area contributed by atoms with E-state index in [9.17, 15) is 10.5 Å². The Kier molecular flexibility index (Phi) is 13.4. The largest absolute Gasteiger partial charge is 0.310 e. The SMILES string of the molecule is [C-]#[N+]c1ccc(-c2cc(-c3ccc(C#N)cc3)cc(N(c3ccc([Si](C)(C)C)cc3)c3ccc4ccc5c(N(c6ccc([Si](C)(C)C)cc6)c6cc(-c7ccc(C#N)cc7)cc(-c7ccc([N+]#[C-])cc7)c6)ccc6ccc3c4c65)c2)cc1. The van der Waals surface area contributed by atoms with Crippen LogP contribution in [0.4, 0.5) is 45.5 Å². The zero-order chi connectivity index (χ0) is 56.9. The van der Waals surface area contributed by atoms with Crippen LogP contribution in [0.15, 0.2) is 231 Å². The van der Waals surface area contributed by atoms with Gasteiger partial charge in [0.25, 0.3) is 0 Å². The molecule has 0 spiro atoms. The zero-order valence-electron chi connectivity index (χ0n) is 46.6. The molecule has 0 N–H and O–H groups in total. The summed E-state index contributed by atoms with van der Waals surface area (Å²) in [7, 11) is -3.34. The van der Waals surface area contributed by atoms with E-state index in [1.165, 1.54) is 10.4 Å². The van der Waals surface area contributed by atoms with Gasteiger partial charge in [-0.2, -0.15) is 10.5 Å². The van der Waals surface area contributed by atoms with Gasteiger partial charge >= 0.3 is 0 Å². The van der Waals surface area contributed by atoms with Crippen molar-refractivity contribution in [1.82, 2.24) is 0 Å². The average molecular weight is 1090 g/mol. The topological polar surface area (TPSA) is 62.8 Å². The second kappa shape index (κ2) is 21.0. The van der Waals surface area contributed by atoms with Gasteiger partial charge in [-0.1, -0.05) is 183 Å². The maximum atomic E-state index is 9.78. The monoisotopic (exact) mass is 1080 g/mol. The number of nitrogens with zero attached hydrogens (tertiary/aromatic N) is 6. The van der Waals surface area contributed by atoms with Crippen molar-refractivity contribution >= 4 is 104 Å². The Morgan fingerprint density at radius 1 is 0.329 bits per heavy atom. The van der Waals surface area contributed by atoms with Gasteiger partial charge in [-0.25, -0.2) is 9.69 Å². The van der Waals surface area contributed by atoms with Gasteiger partial charge in [-0.05, 0) is 163 Å². The summed E-state index contributed by atoms with van der Waals surface area (Å²) in [6, 6.07) is 85.7. The lowest BCUT2D eigenvalue weighted by atomic mass is 9.91. The molecule has 0 aliphatic carbocycles. The normalized spacial score (nSPS) is 11.5. The lowest BCUT2D eigenvalue weighted by Gasteiger charge is -2.31. The predicted molar refractivity (Wildman–Crippen MR) is 349 cm³/mol. The lowest BCUT2D eigenvalue weighted by molar-refractivity contribution is 1.30. The number of anilines is 6. The van der Waals surface area contributed by atoms with Crippen LogP contribution >= 0.6 is 0 Å². The molecule has 12 aromatic rings. The second-order valence-corrected chi connectivity index (χ2v) is 33.2. The molecule has 0 fully saturated rings. The highest BCUT2D eigenvalue weighted by atomic mass is 28.3. The molecule has 8 heteroatoms. The third-order valence-corrected chi connectivity index (χ3v) is 19.9. The minimum Gasteiger partial charge on any atom is -0.310 e. The van der Waals surface area contributed by atoms with E-state index in [0.717, 1.165) is 111 Å². The van der Waals surface area contributed by atoms with Gasteiger partial charge in [0.2, 0.25) is 0 Å². The Labute approximate surface area is 482 Å². The summed E-state index contributed by atoms with van der Waals surface area (Å²) in [4.78, 5) is 12.2. The molecule has 0 amide bonds. The van der Waals surface area contributed by atoms with Crippen molar-refractivity contribution in [3.8, 4) is 56.6 Å². The van der Waals surface area contributed by atoms with E-state index in [-0.39, 0.29) is 0 Å². The first-order valence-corrected chi connectivity index (χ1v) is 34.5. The molecule has 6 nitrogen and oxygen atoms in total. The summed E-state index contributed by atoms with van der Waals surface area (Å²) < 4.78 is 0. The molecule has 0 saturated carbocycles. The molecule has 0 aromatic heterocycles. The van der Waals surface area contributed by atoms with Crippen LogP contribution in [-0.2, 0) is 0 Å². The van der Waals surface area contributed by atoms with Gasteiger partial charge in [-0.15, -0.1) is 0 Å². The van der Waals surface area contributed by atoms with Crippen molar-refractivity contribution in [1.29, 1.82) is 10.5 Å². The molecule has 0 saturated heterocycles. The minimum atomic E-state index is -1.67. The molecule has 82 heavy (non-hydrogen) atoms. The summed E-state index contributed by atoms with van der Waals surface area (Å²) in [6.45, 7) is 29.7. The van der Waals surface area contributed by atoms with Crippen molar-refractivity contribution in [2.75, 3.05) is 9.80 Å². The van der Waals surface area contributed by atoms with Crippen LogP contribution in [0.5, 0.6) is 0 Å². The van der Waals surface area contributed by atoms with Crippen molar-refractivity contribution in [2.45, 2.75) is 39.3 Å². The number of hydrogen-bond acceptors (Lipinski definition) is 4. The first kappa shape index (κ1) is 52.4. The molecule has 0 aliphatic rings. The van der Waals surface area contributed by atoms with Crippen LogP contribution in [-0.4, -0.2) is 16.1 Å². The minimum absolute atomic E-state index is 0.585.